The molecule has 1 N–H and O–H groups in total. The zero-order valence-corrected chi connectivity index (χ0v) is 40.1. The molecule has 3 fully saturated rings. The molecule has 8 rings (SSSR count). The summed E-state index contributed by atoms with van der Waals surface area (Å²) in [4.78, 5) is 55.9. The molecule has 19 heteroatoms. The highest BCUT2D eigenvalue weighted by molar-refractivity contribution is 6.76. The molecule has 0 aliphatic carbocycles. The minimum Gasteiger partial charge on any atom is -0.497 e. The van der Waals surface area contributed by atoms with Crippen LogP contribution in [-0.2, 0) is 47.4 Å². The Morgan fingerprint density at radius 1 is 0.662 bits per heavy atom. The van der Waals surface area contributed by atoms with Gasteiger partial charge >= 0.3 is 17.9 Å². The second-order valence-electron chi connectivity index (χ2n) is 16.2. The Morgan fingerprint density at radius 2 is 1.21 bits per heavy atom. The highest BCUT2D eigenvalue weighted by Gasteiger charge is 2.58. The summed E-state index contributed by atoms with van der Waals surface area (Å²) in [6.07, 6.45) is -11.9. The number of alkyl halides is 3. The van der Waals surface area contributed by atoms with Crippen LogP contribution in [-0.4, -0.2) is 116 Å². The second kappa shape index (κ2) is 23.9. The third-order valence-corrected chi connectivity index (χ3v) is 12.0. The van der Waals surface area contributed by atoms with Crippen LogP contribution in [0.1, 0.15) is 42.9 Å². The SMILES string of the molecule is C=CCO[C@H]1[C@H]2O[C@H](c3ccccc3)OC[C@H]2O[C@H](O[C@H]2[C@H](OC(=O)c3ccccc3)[C@@H](NC(=O)C(Cl)(Cl)Cl)[C@H](Oc3ccc(OC)cc3)O[C@@H]2COC(=O)c2ccccc2)[C@@H]1OC(=O)c1ccccc1. The maximum atomic E-state index is 14.3. The molecular weight excluding hydrogens is 985 g/mol. The fourth-order valence-electron chi connectivity index (χ4n) is 8.05. The Labute approximate surface area is 423 Å². The van der Waals surface area contributed by atoms with E-state index in [0.717, 1.165) is 0 Å². The molecule has 3 aliphatic heterocycles. The lowest BCUT2D eigenvalue weighted by atomic mass is 9.94. The number of fused-ring (bicyclic) bond motifs is 1. The summed E-state index contributed by atoms with van der Waals surface area (Å²) >= 11 is 18.5. The fraction of sp³-hybridized carbons (Fsp3) is 0.308. The number of esters is 3. The first-order valence-electron chi connectivity index (χ1n) is 22.3. The second-order valence-corrected chi connectivity index (χ2v) is 18.5. The average Bonchev–Trinajstić information content (AvgIpc) is 3.40. The summed E-state index contributed by atoms with van der Waals surface area (Å²) in [7, 11) is 1.49. The van der Waals surface area contributed by atoms with E-state index in [0.29, 0.717) is 11.3 Å². The van der Waals surface area contributed by atoms with Crippen LogP contribution in [0, 0.1) is 0 Å². The van der Waals surface area contributed by atoms with Crippen molar-refractivity contribution in [1.82, 2.24) is 5.32 Å². The molecule has 0 bridgehead atoms. The van der Waals surface area contributed by atoms with E-state index in [2.05, 4.69) is 11.9 Å². The predicted octanol–water partition coefficient (Wildman–Crippen LogP) is 7.76. The van der Waals surface area contributed by atoms with Crippen molar-refractivity contribution in [1.29, 1.82) is 0 Å². The molecule has 3 aliphatic rings. The number of hydrogen-bond acceptors (Lipinski definition) is 15. The summed E-state index contributed by atoms with van der Waals surface area (Å²) < 4.78 is 67.1. The molecule has 71 heavy (non-hydrogen) atoms. The lowest BCUT2D eigenvalue weighted by molar-refractivity contribution is -0.381. The van der Waals surface area contributed by atoms with Crippen LogP contribution >= 0.6 is 34.8 Å². The average molecular weight is 1030 g/mol. The van der Waals surface area contributed by atoms with Gasteiger partial charge in [0, 0.05) is 5.56 Å². The van der Waals surface area contributed by atoms with E-state index in [4.69, 9.17) is 86.9 Å². The van der Waals surface area contributed by atoms with Crippen LogP contribution in [0.3, 0.4) is 0 Å². The number of carbonyl (C=O) groups is 4. The molecule has 0 radical (unpaired) electrons. The monoisotopic (exact) mass is 1030 g/mol. The number of amides is 1. The highest BCUT2D eigenvalue weighted by atomic mass is 35.6. The van der Waals surface area contributed by atoms with E-state index in [1.807, 2.05) is 30.3 Å². The van der Waals surface area contributed by atoms with E-state index in [9.17, 15) is 19.2 Å². The first-order chi connectivity index (χ1) is 34.4. The first kappa shape index (κ1) is 51.3. The van der Waals surface area contributed by atoms with Gasteiger partial charge in [0.15, 0.2) is 24.8 Å². The number of hydrogen-bond donors (Lipinski definition) is 1. The van der Waals surface area contributed by atoms with Crippen LogP contribution in [0.25, 0.3) is 0 Å². The van der Waals surface area contributed by atoms with Crippen molar-refractivity contribution in [2.45, 2.75) is 71.4 Å². The summed E-state index contributed by atoms with van der Waals surface area (Å²) in [6.45, 7) is 3.14. The van der Waals surface area contributed by atoms with Gasteiger partial charge in [-0.25, -0.2) is 14.4 Å². The van der Waals surface area contributed by atoms with E-state index in [1.54, 1.807) is 103 Å². The van der Waals surface area contributed by atoms with Gasteiger partial charge in [-0.2, -0.15) is 0 Å². The Balaban J connectivity index is 1.24. The summed E-state index contributed by atoms with van der Waals surface area (Å²) in [5.74, 6) is -2.91. The molecule has 0 unspecified atom stereocenters. The molecule has 3 heterocycles. The van der Waals surface area contributed by atoms with Crippen molar-refractivity contribution in [3.05, 3.63) is 181 Å². The van der Waals surface area contributed by atoms with E-state index >= 15 is 0 Å². The standard InChI is InChI=1S/C52H48Cl3NO15/c1-3-28-62-43-41-38(30-64-48(70-41)34-22-14-7-15-23-34)67-50(44(43)69-47(59)33-20-12-6-13-21-33)71-40-37(29-63-45(57)31-16-8-4-9-17-31)66-49(65-36-26-24-35(61-2)25-27-36)39(56-51(60)52(53,54)55)42(40)68-46(58)32-18-10-5-11-19-32/h3-27,37-44,48-50H,1,28-30H2,2H3,(H,56,60)/t37-,38-,39-,40-,41+,42-,43+,44-,48-,49-,50-/m1/s1. The zero-order valence-electron chi connectivity index (χ0n) is 37.9. The summed E-state index contributed by atoms with van der Waals surface area (Å²) in [5.41, 5.74) is 1.18. The lowest BCUT2D eigenvalue weighted by Crippen LogP contribution is -2.70. The molecule has 5 aromatic rings. The van der Waals surface area contributed by atoms with E-state index in [-0.39, 0.29) is 35.7 Å². The normalized spacial score (nSPS) is 26.1. The highest BCUT2D eigenvalue weighted by Crippen LogP contribution is 2.40. The van der Waals surface area contributed by atoms with Crippen molar-refractivity contribution >= 4 is 58.6 Å². The number of methoxy groups -OCH3 is 1. The number of nitrogens with one attached hydrogen (secondary N) is 1. The van der Waals surface area contributed by atoms with Crippen molar-refractivity contribution in [2.24, 2.45) is 0 Å². The van der Waals surface area contributed by atoms with Crippen LogP contribution in [0.5, 0.6) is 11.5 Å². The lowest BCUT2D eigenvalue weighted by Gasteiger charge is -2.51. The quantitative estimate of drug-likeness (QED) is 0.0413. The minimum absolute atomic E-state index is 0.0440. The van der Waals surface area contributed by atoms with E-state index < -0.39 is 102 Å². The molecule has 3 saturated heterocycles. The van der Waals surface area contributed by atoms with Gasteiger partial charge in [-0.05, 0) is 60.7 Å². The van der Waals surface area contributed by atoms with Crippen molar-refractivity contribution in [3.8, 4) is 11.5 Å². The van der Waals surface area contributed by atoms with E-state index in [1.165, 1.54) is 25.3 Å². The van der Waals surface area contributed by atoms with Crippen LogP contribution in [0.15, 0.2) is 158 Å². The topological polar surface area (TPSA) is 182 Å². The maximum Gasteiger partial charge on any atom is 0.338 e. The largest absolute Gasteiger partial charge is 0.497 e. The Kier molecular flexibility index (Phi) is 17.3. The van der Waals surface area contributed by atoms with Gasteiger partial charge in [-0.3, -0.25) is 4.79 Å². The Bertz CT molecular complexity index is 2560. The van der Waals surface area contributed by atoms with Crippen molar-refractivity contribution in [2.75, 3.05) is 26.9 Å². The molecule has 0 saturated carbocycles. The number of carbonyl (C=O) groups excluding carboxylic acids is 4. The third kappa shape index (κ3) is 12.9. The Hall–Kier alpha value is -6.05. The summed E-state index contributed by atoms with van der Waals surface area (Å²) in [5, 5.41) is 2.63. The fourth-order valence-corrected chi connectivity index (χ4v) is 8.21. The van der Waals surface area contributed by atoms with Crippen LogP contribution in [0.2, 0.25) is 0 Å². The molecule has 1 amide bonds. The van der Waals surface area contributed by atoms with Crippen LogP contribution < -0.4 is 14.8 Å². The first-order valence-corrected chi connectivity index (χ1v) is 23.5. The van der Waals surface area contributed by atoms with Crippen molar-refractivity contribution < 1.29 is 71.3 Å². The number of halogens is 3. The molecule has 0 aromatic heterocycles. The third-order valence-electron chi connectivity index (χ3n) is 11.5. The molecule has 372 valence electrons. The van der Waals surface area contributed by atoms with Gasteiger partial charge in [0.1, 0.15) is 54.7 Å². The minimum atomic E-state index is -2.57. The van der Waals surface area contributed by atoms with Crippen molar-refractivity contribution in [3.63, 3.8) is 0 Å². The van der Waals surface area contributed by atoms with Gasteiger partial charge in [0.2, 0.25) is 6.29 Å². The van der Waals surface area contributed by atoms with Gasteiger partial charge in [0.05, 0.1) is 37.0 Å². The Morgan fingerprint density at radius 3 is 1.77 bits per heavy atom. The number of rotatable bonds is 17. The number of benzene rings is 5. The van der Waals surface area contributed by atoms with Crippen LogP contribution in [0.4, 0.5) is 0 Å². The van der Waals surface area contributed by atoms with Gasteiger partial charge in [-0.1, -0.05) is 126 Å². The molecule has 16 nitrogen and oxygen atoms in total. The smallest absolute Gasteiger partial charge is 0.338 e. The summed E-state index contributed by atoms with van der Waals surface area (Å²) in [6, 6.07) is 38.3. The van der Waals surface area contributed by atoms with Gasteiger partial charge in [0.25, 0.3) is 9.70 Å². The zero-order chi connectivity index (χ0) is 49.9. The van der Waals surface area contributed by atoms with Gasteiger partial charge in [-0.15, -0.1) is 6.58 Å². The maximum absolute atomic E-state index is 14.3. The number of ether oxygens (including phenoxy) is 11. The molecule has 11 atom stereocenters. The molecular formula is C52H48Cl3NO15. The predicted molar refractivity (Wildman–Crippen MR) is 256 cm³/mol. The molecule has 5 aromatic carbocycles. The molecule has 0 spiro atoms. The van der Waals surface area contributed by atoms with Gasteiger partial charge < -0.3 is 57.4 Å².